The summed E-state index contributed by atoms with van der Waals surface area (Å²) in [6, 6.07) is 10.8. The number of halogens is 1. The number of amides is 2. The number of carbonyl (C=O) groups is 1. The average molecular weight is 318 g/mol. The zero-order valence-corrected chi connectivity index (χ0v) is 12.6. The number of aromatic nitrogens is 1. The Labute approximate surface area is 133 Å². The number of hydrogen-bond acceptors (Lipinski definition) is 3. The largest absolute Gasteiger partial charge is 0.394 e. The number of hydrogen-bond donors (Lipinski definition) is 3. The van der Waals surface area contributed by atoms with E-state index in [9.17, 15) is 9.90 Å². The van der Waals surface area contributed by atoms with Crippen LogP contribution in [0.4, 0.5) is 10.5 Å². The SMILES string of the molecule is O=C(Nc1cccnc1Cl)NC1(CO)CCc2ccccc21. The predicted molar refractivity (Wildman–Crippen MR) is 84.9 cm³/mol. The van der Waals surface area contributed by atoms with E-state index in [0.29, 0.717) is 12.1 Å². The highest BCUT2D eigenvalue weighted by Gasteiger charge is 2.39. The maximum absolute atomic E-state index is 12.3. The summed E-state index contributed by atoms with van der Waals surface area (Å²) in [5.41, 5.74) is 1.79. The molecule has 22 heavy (non-hydrogen) atoms. The average Bonchev–Trinajstić information content (AvgIpc) is 2.89. The van der Waals surface area contributed by atoms with E-state index in [4.69, 9.17) is 11.6 Å². The fraction of sp³-hybridized carbons (Fsp3) is 0.250. The van der Waals surface area contributed by atoms with Crippen LogP contribution in [0, 0.1) is 0 Å². The second-order valence-electron chi connectivity index (χ2n) is 5.32. The molecule has 114 valence electrons. The van der Waals surface area contributed by atoms with Crippen LogP contribution in [0.15, 0.2) is 42.6 Å². The molecule has 0 saturated carbocycles. The van der Waals surface area contributed by atoms with Crippen molar-refractivity contribution in [2.24, 2.45) is 0 Å². The van der Waals surface area contributed by atoms with Gasteiger partial charge in [0.15, 0.2) is 5.15 Å². The van der Waals surface area contributed by atoms with Gasteiger partial charge in [0.05, 0.1) is 17.8 Å². The number of nitrogens with one attached hydrogen (secondary N) is 2. The van der Waals surface area contributed by atoms with Gasteiger partial charge in [-0.2, -0.15) is 0 Å². The molecule has 1 unspecified atom stereocenters. The van der Waals surface area contributed by atoms with Crippen LogP contribution in [0.5, 0.6) is 0 Å². The van der Waals surface area contributed by atoms with Crippen LogP contribution in [0.25, 0.3) is 0 Å². The zero-order valence-electron chi connectivity index (χ0n) is 11.8. The fourth-order valence-electron chi connectivity index (χ4n) is 2.87. The molecule has 3 N–H and O–H groups in total. The molecule has 5 nitrogen and oxygen atoms in total. The third-order valence-electron chi connectivity index (χ3n) is 3.98. The second-order valence-corrected chi connectivity index (χ2v) is 5.68. The number of aliphatic hydroxyl groups is 1. The minimum Gasteiger partial charge on any atom is -0.394 e. The summed E-state index contributed by atoms with van der Waals surface area (Å²) in [5.74, 6) is 0. The molecule has 1 aromatic heterocycles. The Balaban J connectivity index is 1.80. The number of nitrogens with zero attached hydrogens (tertiary/aromatic N) is 1. The molecule has 0 saturated heterocycles. The summed E-state index contributed by atoms with van der Waals surface area (Å²) in [4.78, 5) is 16.2. The molecule has 6 heteroatoms. The van der Waals surface area contributed by atoms with E-state index < -0.39 is 11.6 Å². The van der Waals surface area contributed by atoms with E-state index in [1.165, 1.54) is 0 Å². The van der Waals surface area contributed by atoms with Crippen molar-refractivity contribution in [1.82, 2.24) is 10.3 Å². The summed E-state index contributed by atoms with van der Waals surface area (Å²) < 4.78 is 0. The zero-order chi connectivity index (χ0) is 15.6. The first-order valence-corrected chi connectivity index (χ1v) is 7.41. The van der Waals surface area contributed by atoms with Crippen molar-refractivity contribution in [3.63, 3.8) is 0 Å². The lowest BCUT2D eigenvalue weighted by atomic mass is 9.93. The highest BCUT2D eigenvalue weighted by Crippen LogP contribution is 2.36. The molecule has 1 atom stereocenters. The topological polar surface area (TPSA) is 74.2 Å². The normalized spacial score (nSPS) is 19.5. The molecule has 0 aliphatic heterocycles. The third kappa shape index (κ3) is 2.65. The maximum Gasteiger partial charge on any atom is 0.320 e. The molecule has 0 spiro atoms. The minimum atomic E-state index is -0.755. The van der Waals surface area contributed by atoms with Crippen molar-refractivity contribution >= 4 is 23.3 Å². The van der Waals surface area contributed by atoms with E-state index in [2.05, 4.69) is 15.6 Å². The molecular formula is C16H16ClN3O2. The van der Waals surface area contributed by atoms with Crippen LogP contribution in [0.2, 0.25) is 5.15 Å². The first kappa shape index (κ1) is 14.8. The molecule has 1 aliphatic carbocycles. The van der Waals surface area contributed by atoms with Gasteiger partial charge in [0, 0.05) is 6.20 Å². The van der Waals surface area contributed by atoms with Gasteiger partial charge in [-0.15, -0.1) is 0 Å². The van der Waals surface area contributed by atoms with Crippen molar-refractivity contribution in [2.75, 3.05) is 11.9 Å². The number of pyridine rings is 1. The van der Waals surface area contributed by atoms with Gasteiger partial charge < -0.3 is 15.7 Å². The minimum absolute atomic E-state index is 0.155. The molecule has 1 aliphatic rings. The number of anilines is 1. The number of aryl methyl sites for hydroxylation is 1. The smallest absolute Gasteiger partial charge is 0.320 e. The van der Waals surface area contributed by atoms with E-state index in [0.717, 1.165) is 17.5 Å². The Morgan fingerprint density at radius 1 is 1.32 bits per heavy atom. The lowest BCUT2D eigenvalue weighted by molar-refractivity contribution is 0.164. The molecular weight excluding hydrogens is 302 g/mol. The molecule has 2 aromatic rings. The lowest BCUT2D eigenvalue weighted by Gasteiger charge is -2.29. The molecule has 0 bridgehead atoms. The van der Waals surface area contributed by atoms with Crippen LogP contribution < -0.4 is 10.6 Å². The van der Waals surface area contributed by atoms with Gasteiger partial charge in [-0.3, -0.25) is 0 Å². The Bertz CT molecular complexity index is 707. The van der Waals surface area contributed by atoms with Crippen molar-refractivity contribution in [3.8, 4) is 0 Å². The summed E-state index contributed by atoms with van der Waals surface area (Å²) in [7, 11) is 0. The number of rotatable bonds is 3. The quantitative estimate of drug-likeness (QED) is 0.762. The summed E-state index contributed by atoms with van der Waals surface area (Å²) in [6.45, 7) is -0.155. The number of aliphatic hydroxyl groups excluding tert-OH is 1. The molecule has 0 radical (unpaired) electrons. The van der Waals surface area contributed by atoms with Gasteiger partial charge in [0.1, 0.15) is 0 Å². The van der Waals surface area contributed by atoms with E-state index in [-0.39, 0.29) is 11.8 Å². The van der Waals surface area contributed by atoms with Gasteiger partial charge >= 0.3 is 6.03 Å². The van der Waals surface area contributed by atoms with Crippen molar-refractivity contribution in [3.05, 3.63) is 58.9 Å². The number of fused-ring (bicyclic) bond motifs is 1. The van der Waals surface area contributed by atoms with Gasteiger partial charge in [0.2, 0.25) is 0 Å². The fourth-order valence-corrected chi connectivity index (χ4v) is 3.04. The summed E-state index contributed by atoms with van der Waals surface area (Å²) in [5, 5.41) is 15.6. The maximum atomic E-state index is 12.3. The van der Waals surface area contributed by atoms with E-state index in [1.54, 1.807) is 18.3 Å². The van der Waals surface area contributed by atoms with Gasteiger partial charge in [-0.1, -0.05) is 35.9 Å². The van der Waals surface area contributed by atoms with Crippen molar-refractivity contribution in [1.29, 1.82) is 0 Å². The summed E-state index contributed by atoms with van der Waals surface area (Å²) >= 11 is 5.93. The lowest BCUT2D eigenvalue weighted by Crippen LogP contribution is -2.48. The Morgan fingerprint density at radius 2 is 2.14 bits per heavy atom. The number of urea groups is 1. The van der Waals surface area contributed by atoms with Crippen LogP contribution in [0.1, 0.15) is 17.5 Å². The van der Waals surface area contributed by atoms with Gasteiger partial charge in [-0.05, 0) is 36.1 Å². The molecule has 3 rings (SSSR count). The number of carbonyl (C=O) groups excluding carboxylic acids is 1. The van der Waals surface area contributed by atoms with Gasteiger partial charge in [-0.25, -0.2) is 9.78 Å². The predicted octanol–water partition coefficient (Wildman–Crippen LogP) is 2.69. The van der Waals surface area contributed by atoms with Gasteiger partial charge in [0.25, 0.3) is 0 Å². The van der Waals surface area contributed by atoms with Crippen LogP contribution in [-0.4, -0.2) is 22.7 Å². The third-order valence-corrected chi connectivity index (χ3v) is 4.29. The van der Waals surface area contributed by atoms with Crippen LogP contribution in [0.3, 0.4) is 0 Å². The Kier molecular flexibility index (Phi) is 4.00. The Hall–Kier alpha value is -2.11. The molecule has 1 aromatic carbocycles. The monoisotopic (exact) mass is 317 g/mol. The molecule has 2 amide bonds. The number of benzene rings is 1. The molecule has 0 fully saturated rings. The molecule has 1 heterocycles. The summed E-state index contributed by atoms with van der Waals surface area (Å²) in [6.07, 6.45) is 3.04. The van der Waals surface area contributed by atoms with Crippen LogP contribution in [-0.2, 0) is 12.0 Å². The standard InChI is InChI=1S/C16H16ClN3O2/c17-14-13(6-3-9-18-14)19-15(22)20-16(10-21)8-7-11-4-1-2-5-12(11)16/h1-6,9,21H,7-8,10H2,(H2,19,20,22). The van der Waals surface area contributed by atoms with E-state index in [1.807, 2.05) is 24.3 Å². The van der Waals surface area contributed by atoms with Crippen molar-refractivity contribution in [2.45, 2.75) is 18.4 Å². The van der Waals surface area contributed by atoms with Crippen molar-refractivity contribution < 1.29 is 9.90 Å². The first-order chi connectivity index (χ1) is 10.6. The first-order valence-electron chi connectivity index (χ1n) is 7.03. The highest BCUT2D eigenvalue weighted by atomic mass is 35.5. The highest BCUT2D eigenvalue weighted by molar-refractivity contribution is 6.32. The Morgan fingerprint density at radius 3 is 2.91 bits per heavy atom. The second kappa shape index (κ2) is 5.94. The van der Waals surface area contributed by atoms with E-state index >= 15 is 0 Å². The van der Waals surface area contributed by atoms with Crippen LogP contribution >= 0.6 is 11.6 Å².